The van der Waals surface area contributed by atoms with Crippen molar-refractivity contribution in [1.82, 2.24) is 0 Å². The highest BCUT2D eigenvalue weighted by atomic mass is 16.8. The second-order valence-electron chi connectivity index (χ2n) is 10.7. The molecule has 30 heavy (non-hydrogen) atoms. The summed E-state index contributed by atoms with van der Waals surface area (Å²) in [5.41, 5.74) is -8.26. The second kappa shape index (κ2) is 4.69. The van der Waals surface area contributed by atoms with E-state index in [0.717, 1.165) is 0 Å². The molecule has 11 atom stereocenters. The van der Waals surface area contributed by atoms with Gasteiger partial charge in [0.15, 0.2) is 17.8 Å². The molecule has 0 unspecified atom stereocenters. The summed E-state index contributed by atoms with van der Waals surface area (Å²) in [7, 11) is 0. The van der Waals surface area contributed by atoms with Crippen molar-refractivity contribution in [2.24, 2.45) is 28.1 Å². The first-order chi connectivity index (χ1) is 13.8. The Morgan fingerprint density at radius 2 is 1.70 bits per heavy atom. The predicted molar refractivity (Wildman–Crippen MR) is 92.0 cm³/mol. The van der Waals surface area contributed by atoms with Crippen LogP contribution in [0.1, 0.15) is 34.1 Å². The van der Waals surface area contributed by atoms with Crippen LogP contribution in [0.4, 0.5) is 0 Å². The van der Waals surface area contributed by atoms with E-state index >= 15 is 0 Å². The summed E-state index contributed by atoms with van der Waals surface area (Å²) in [6.45, 7) is 7.14. The maximum atomic E-state index is 13.4. The van der Waals surface area contributed by atoms with Crippen molar-refractivity contribution in [3.63, 3.8) is 0 Å². The van der Waals surface area contributed by atoms with E-state index in [0.29, 0.717) is 0 Å². The van der Waals surface area contributed by atoms with Crippen LogP contribution < -0.4 is 0 Å². The van der Waals surface area contributed by atoms with E-state index < -0.39 is 87.9 Å². The maximum absolute atomic E-state index is 13.4. The molecule has 0 aromatic rings. The Bertz CT molecular complexity index is 925. The Morgan fingerprint density at radius 3 is 2.33 bits per heavy atom. The van der Waals surface area contributed by atoms with Gasteiger partial charge < -0.3 is 34.3 Å². The molecule has 164 valence electrons. The number of carbonyl (C=O) groups excluding carboxylic acids is 3. The molecule has 0 aromatic heterocycles. The van der Waals surface area contributed by atoms with Gasteiger partial charge in [0, 0.05) is 0 Å². The molecule has 6 fully saturated rings. The molecule has 10 heteroatoms. The SMILES string of the molecule is C[C@@H]1C(=O)O[C@H]2[C@@H](O)[C@@]34[C@H]5C[C@@H](C(C)(C)C)[C@]36[C@@H](OC(=O)[C@@H]6O)O[C@]4(C(=O)O5)[C@@]12O. The third-order valence-electron chi connectivity index (χ3n) is 9.00. The normalized spacial score (nSPS) is 60.1. The molecular formula is C20H24O10. The van der Waals surface area contributed by atoms with Crippen molar-refractivity contribution in [2.45, 2.75) is 76.0 Å². The van der Waals surface area contributed by atoms with E-state index in [-0.39, 0.29) is 6.42 Å². The van der Waals surface area contributed by atoms with Crippen molar-refractivity contribution < 1.29 is 48.7 Å². The molecule has 2 saturated carbocycles. The highest BCUT2D eigenvalue weighted by Crippen LogP contribution is 2.84. The topological polar surface area (TPSA) is 149 Å². The zero-order valence-corrected chi connectivity index (χ0v) is 16.9. The third-order valence-corrected chi connectivity index (χ3v) is 9.00. The van der Waals surface area contributed by atoms with Crippen LogP contribution >= 0.6 is 0 Å². The van der Waals surface area contributed by atoms with Gasteiger partial charge in [-0.05, 0) is 24.7 Å². The Hall–Kier alpha value is -1.75. The molecule has 10 nitrogen and oxygen atoms in total. The first-order valence-corrected chi connectivity index (χ1v) is 10.2. The minimum atomic E-state index is -2.24. The summed E-state index contributed by atoms with van der Waals surface area (Å²) in [4.78, 5) is 38.2. The van der Waals surface area contributed by atoms with Crippen molar-refractivity contribution in [1.29, 1.82) is 0 Å². The van der Waals surface area contributed by atoms with E-state index in [9.17, 15) is 29.7 Å². The molecule has 0 bridgehead atoms. The number of rotatable bonds is 0. The van der Waals surface area contributed by atoms with Crippen LogP contribution in [0.2, 0.25) is 0 Å². The average molecular weight is 424 g/mol. The highest BCUT2D eigenvalue weighted by Gasteiger charge is 3.03. The van der Waals surface area contributed by atoms with Crippen LogP contribution in [0.25, 0.3) is 0 Å². The van der Waals surface area contributed by atoms with E-state index in [4.69, 9.17) is 18.9 Å². The number of hydrogen-bond acceptors (Lipinski definition) is 10. The number of aliphatic hydroxyl groups is 3. The molecule has 4 aliphatic heterocycles. The van der Waals surface area contributed by atoms with Crippen molar-refractivity contribution in [3.05, 3.63) is 0 Å². The number of aliphatic hydroxyl groups excluding tert-OH is 2. The summed E-state index contributed by atoms with van der Waals surface area (Å²) in [6.07, 6.45) is -6.91. The summed E-state index contributed by atoms with van der Waals surface area (Å²) >= 11 is 0. The van der Waals surface area contributed by atoms with E-state index in [1.165, 1.54) is 6.92 Å². The van der Waals surface area contributed by atoms with Crippen molar-refractivity contribution in [3.8, 4) is 0 Å². The van der Waals surface area contributed by atoms with Gasteiger partial charge in [0.2, 0.25) is 11.9 Å². The van der Waals surface area contributed by atoms with Crippen molar-refractivity contribution in [2.75, 3.05) is 0 Å². The summed E-state index contributed by atoms with van der Waals surface area (Å²) < 4.78 is 22.5. The molecule has 6 aliphatic rings. The Morgan fingerprint density at radius 1 is 1.03 bits per heavy atom. The number of fused-ring (bicyclic) bond motifs is 1. The molecule has 0 amide bonds. The third kappa shape index (κ3) is 1.33. The van der Waals surface area contributed by atoms with Crippen LogP contribution in [0, 0.1) is 28.1 Å². The summed E-state index contributed by atoms with van der Waals surface area (Å²) in [6, 6.07) is 0. The number of hydrogen-bond donors (Lipinski definition) is 3. The van der Waals surface area contributed by atoms with Crippen LogP contribution in [0.15, 0.2) is 0 Å². The minimum Gasteiger partial charge on any atom is -0.459 e. The van der Waals surface area contributed by atoms with Gasteiger partial charge in [-0.1, -0.05) is 20.8 Å². The largest absolute Gasteiger partial charge is 0.459 e. The molecule has 0 radical (unpaired) electrons. The van der Waals surface area contributed by atoms with E-state index in [2.05, 4.69) is 0 Å². The lowest BCUT2D eigenvalue weighted by Gasteiger charge is -2.47. The Balaban J connectivity index is 1.72. The van der Waals surface area contributed by atoms with Crippen molar-refractivity contribution >= 4 is 17.9 Å². The summed E-state index contributed by atoms with van der Waals surface area (Å²) in [5.74, 6) is -4.32. The first kappa shape index (κ1) is 19.0. The highest BCUT2D eigenvalue weighted by molar-refractivity contribution is 5.94. The molecule has 2 spiro atoms. The van der Waals surface area contributed by atoms with Gasteiger partial charge in [-0.15, -0.1) is 0 Å². The van der Waals surface area contributed by atoms with Crippen LogP contribution in [-0.2, 0) is 33.3 Å². The van der Waals surface area contributed by atoms with Gasteiger partial charge in [0.05, 0.1) is 16.7 Å². The van der Waals surface area contributed by atoms with Gasteiger partial charge >= 0.3 is 17.9 Å². The smallest absolute Gasteiger partial charge is 0.343 e. The fourth-order valence-electron chi connectivity index (χ4n) is 8.12. The molecule has 2 aliphatic carbocycles. The second-order valence-corrected chi connectivity index (χ2v) is 10.7. The van der Waals surface area contributed by atoms with Gasteiger partial charge in [-0.3, -0.25) is 4.79 Å². The maximum Gasteiger partial charge on any atom is 0.343 e. The lowest BCUT2D eigenvalue weighted by atomic mass is 9.51. The van der Waals surface area contributed by atoms with E-state index in [1.54, 1.807) is 0 Å². The molecule has 6 rings (SSSR count). The number of esters is 3. The predicted octanol–water partition coefficient (Wildman–Crippen LogP) is -1.37. The molecule has 3 N–H and O–H groups in total. The molecule has 4 saturated heterocycles. The quantitative estimate of drug-likeness (QED) is 0.314. The zero-order valence-electron chi connectivity index (χ0n) is 16.9. The average Bonchev–Trinajstić information content (AvgIpc) is 3.35. The van der Waals surface area contributed by atoms with Gasteiger partial charge in [-0.25, -0.2) is 9.59 Å². The van der Waals surface area contributed by atoms with Gasteiger partial charge in [-0.2, -0.15) is 0 Å². The monoisotopic (exact) mass is 424 g/mol. The molecule has 4 heterocycles. The Kier molecular flexibility index (Phi) is 2.97. The standard InChI is InChI=1S/C20H24O10/c1-6-12(23)28-11-9(21)18-8-5-7(16(2,3)4)17(18)10(22)13(24)29-15(17)30-20(18,14(25)27-8)19(6,11)26/h6-11,15,21-22,26H,5H2,1-4H3/t6-,7+,8-,9-,10+,11+,15+,17+,18+,19-,20+/m1/s1. The molecule has 0 aromatic carbocycles. The van der Waals surface area contributed by atoms with Crippen LogP contribution in [0.5, 0.6) is 0 Å². The lowest BCUT2D eigenvalue weighted by Crippen LogP contribution is -2.67. The Labute approximate surface area is 171 Å². The summed E-state index contributed by atoms with van der Waals surface area (Å²) in [5, 5.41) is 34.7. The number of ether oxygens (including phenoxy) is 4. The van der Waals surface area contributed by atoms with Crippen LogP contribution in [-0.4, -0.2) is 75.1 Å². The minimum absolute atomic E-state index is 0.229. The fourth-order valence-corrected chi connectivity index (χ4v) is 8.12. The van der Waals surface area contributed by atoms with Crippen LogP contribution in [0.3, 0.4) is 0 Å². The zero-order chi connectivity index (χ0) is 21.8. The van der Waals surface area contributed by atoms with E-state index in [1.807, 2.05) is 20.8 Å². The lowest BCUT2D eigenvalue weighted by molar-refractivity contribution is -0.239. The van der Waals surface area contributed by atoms with Gasteiger partial charge in [0.25, 0.3) is 0 Å². The number of carbonyl (C=O) groups is 3. The van der Waals surface area contributed by atoms with Gasteiger partial charge in [0.1, 0.15) is 12.2 Å². The first-order valence-electron chi connectivity index (χ1n) is 10.2. The molecular weight excluding hydrogens is 400 g/mol. The fraction of sp³-hybridized carbons (Fsp3) is 0.850.